The summed E-state index contributed by atoms with van der Waals surface area (Å²) in [6.07, 6.45) is 1.72. The predicted octanol–water partition coefficient (Wildman–Crippen LogP) is 4.92. The van der Waals surface area contributed by atoms with Crippen molar-refractivity contribution in [2.24, 2.45) is 0 Å². The molecule has 0 aromatic heterocycles. The lowest BCUT2D eigenvalue weighted by molar-refractivity contribution is 0.363. The molecule has 1 atom stereocenters. The quantitative estimate of drug-likeness (QED) is 0.578. The molecule has 0 saturated carbocycles. The third-order valence-corrected chi connectivity index (χ3v) is 3.93. The summed E-state index contributed by atoms with van der Waals surface area (Å²) in [5.41, 5.74) is 4.64. The smallest absolute Gasteiger partial charge is 0.171 e. The summed E-state index contributed by atoms with van der Waals surface area (Å²) in [6, 6.07) is 14.3. The van der Waals surface area contributed by atoms with Crippen LogP contribution in [0.5, 0.6) is 5.75 Å². The number of rotatable bonds is 6. The van der Waals surface area contributed by atoms with Crippen LogP contribution < -0.4 is 15.4 Å². The van der Waals surface area contributed by atoms with Gasteiger partial charge in [0.2, 0.25) is 0 Å². The van der Waals surface area contributed by atoms with Crippen LogP contribution in [-0.4, -0.2) is 11.7 Å². The van der Waals surface area contributed by atoms with Crippen LogP contribution in [0, 0.1) is 13.8 Å². The first-order chi connectivity index (χ1) is 11.5. The Bertz CT molecular complexity index is 727. The molecule has 2 aromatic rings. The minimum atomic E-state index is 0.130. The third-order valence-electron chi connectivity index (χ3n) is 3.71. The predicted molar refractivity (Wildman–Crippen MR) is 106 cm³/mol. The molecule has 0 aliphatic carbocycles. The first-order valence-corrected chi connectivity index (χ1v) is 8.39. The molecule has 0 unspecified atom stereocenters. The van der Waals surface area contributed by atoms with Crippen LogP contribution in [0.25, 0.3) is 0 Å². The Labute approximate surface area is 149 Å². The molecule has 0 heterocycles. The van der Waals surface area contributed by atoms with E-state index in [4.69, 9.17) is 17.0 Å². The summed E-state index contributed by atoms with van der Waals surface area (Å²) in [7, 11) is 0. The molecule has 0 fully saturated rings. The molecule has 2 N–H and O–H groups in total. The summed E-state index contributed by atoms with van der Waals surface area (Å²) < 4.78 is 5.53. The molecular formula is C20H24N2OS. The van der Waals surface area contributed by atoms with E-state index < -0.39 is 0 Å². The monoisotopic (exact) mass is 340 g/mol. The first-order valence-electron chi connectivity index (χ1n) is 7.98. The lowest BCUT2D eigenvalue weighted by atomic mass is 10.0. The maximum Gasteiger partial charge on any atom is 0.171 e. The van der Waals surface area contributed by atoms with Gasteiger partial charge in [-0.25, -0.2) is 0 Å². The van der Waals surface area contributed by atoms with Gasteiger partial charge in [-0.3, -0.25) is 0 Å². The Morgan fingerprint density at radius 3 is 2.79 bits per heavy atom. The Kier molecular flexibility index (Phi) is 6.38. The zero-order valence-electron chi connectivity index (χ0n) is 14.4. The normalized spacial score (nSPS) is 11.5. The summed E-state index contributed by atoms with van der Waals surface area (Å²) in [4.78, 5) is 0. The third kappa shape index (κ3) is 5.10. The lowest BCUT2D eigenvalue weighted by Gasteiger charge is -2.20. The van der Waals surface area contributed by atoms with E-state index in [1.165, 1.54) is 16.7 Å². The van der Waals surface area contributed by atoms with Gasteiger partial charge < -0.3 is 15.4 Å². The van der Waals surface area contributed by atoms with Crippen molar-refractivity contribution in [1.29, 1.82) is 0 Å². The molecule has 3 nitrogen and oxygen atoms in total. The molecule has 2 rings (SSSR count). The summed E-state index contributed by atoms with van der Waals surface area (Å²) >= 11 is 5.44. The van der Waals surface area contributed by atoms with Crippen LogP contribution >= 0.6 is 12.2 Å². The van der Waals surface area contributed by atoms with Crippen molar-refractivity contribution in [3.05, 3.63) is 71.8 Å². The van der Waals surface area contributed by atoms with Crippen molar-refractivity contribution in [3.63, 3.8) is 0 Å². The molecule has 0 spiro atoms. The van der Waals surface area contributed by atoms with Gasteiger partial charge in [0.05, 0.1) is 6.04 Å². The molecule has 0 aliphatic heterocycles. The van der Waals surface area contributed by atoms with E-state index in [9.17, 15) is 0 Å². The number of nitrogens with one attached hydrogen (secondary N) is 2. The number of thiocarbonyl (C=S) groups is 1. The Hall–Kier alpha value is -2.33. The fraction of sp³-hybridized carbons (Fsp3) is 0.250. The second kappa shape index (κ2) is 8.50. The van der Waals surface area contributed by atoms with Crippen molar-refractivity contribution >= 4 is 23.0 Å². The molecule has 2 aromatic carbocycles. The molecular weight excluding hydrogens is 316 g/mol. The second-order valence-electron chi connectivity index (χ2n) is 5.81. The topological polar surface area (TPSA) is 33.3 Å². The summed E-state index contributed by atoms with van der Waals surface area (Å²) in [6.45, 7) is 10.5. The van der Waals surface area contributed by atoms with Gasteiger partial charge in [0, 0.05) is 11.8 Å². The van der Waals surface area contributed by atoms with Crippen LogP contribution in [0.3, 0.4) is 0 Å². The maximum atomic E-state index is 5.53. The lowest BCUT2D eigenvalue weighted by Crippen LogP contribution is -2.31. The minimum absolute atomic E-state index is 0.130. The first kappa shape index (κ1) is 18.0. The van der Waals surface area contributed by atoms with Crippen LogP contribution in [-0.2, 0) is 0 Å². The molecule has 0 aliphatic rings. The van der Waals surface area contributed by atoms with Gasteiger partial charge in [-0.15, -0.1) is 0 Å². The Morgan fingerprint density at radius 2 is 2.04 bits per heavy atom. The number of hydrogen-bond acceptors (Lipinski definition) is 2. The van der Waals surface area contributed by atoms with Crippen molar-refractivity contribution in [3.8, 4) is 5.75 Å². The van der Waals surface area contributed by atoms with Gasteiger partial charge in [-0.2, -0.15) is 0 Å². The van der Waals surface area contributed by atoms with Crippen LogP contribution in [0.4, 0.5) is 5.69 Å². The van der Waals surface area contributed by atoms with E-state index in [0.717, 1.165) is 11.4 Å². The highest BCUT2D eigenvalue weighted by Crippen LogP contribution is 2.20. The zero-order chi connectivity index (χ0) is 17.5. The fourth-order valence-corrected chi connectivity index (χ4v) is 2.78. The van der Waals surface area contributed by atoms with Crippen molar-refractivity contribution < 1.29 is 4.74 Å². The van der Waals surface area contributed by atoms with Gasteiger partial charge in [0.15, 0.2) is 5.11 Å². The fourth-order valence-electron chi connectivity index (χ4n) is 2.49. The number of aryl methyl sites for hydroxylation is 2. The molecule has 0 bridgehead atoms. The van der Waals surface area contributed by atoms with Gasteiger partial charge in [0.1, 0.15) is 12.4 Å². The molecule has 0 radical (unpaired) electrons. The maximum absolute atomic E-state index is 5.53. The van der Waals surface area contributed by atoms with Crippen molar-refractivity contribution in [2.45, 2.75) is 26.8 Å². The number of ether oxygens (including phenoxy) is 1. The SMILES string of the molecule is C=CCOc1cccc(NC(=S)N[C@H](C)c2cc(C)ccc2C)c1. The highest BCUT2D eigenvalue weighted by Gasteiger charge is 2.10. The van der Waals surface area contributed by atoms with Gasteiger partial charge in [-0.05, 0) is 56.2 Å². The van der Waals surface area contributed by atoms with E-state index in [1.54, 1.807) is 6.08 Å². The standard InChI is InChI=1S/C20H24N2OS/c1-5-11-23-18-8-6-7-17(13-18)22-20(24)21-16(4)19-12-14(2)9-10-15(19)3/h5-10,12-13,16H,1,11H2,2-4H3,(H2,21,22,24)/t16-/m1/s1. The Balaban J connectivity index is 2.00. The summed E-state index contributed by atoms with van der Waals surface area (Å²) in [5, 5.41) is 7.13. The molecule has 4 heteroatoms. The molecule has 0 saturated heterocycles. The van der Waals surface area contributed by atoms with Crippen LogP contribution in [0.1, 0.15) is 29.7 Å². The van der Waals surface area contributed by atoms with Crippen molar-refractivity contribution in [1.82, 2.24) is 5.32 Å². The average Bonchev–Trinajstić information content (AvgIpc) is 2.55. The van der Waals surface area contributed by atoms with Crippen LogP contribution in [0.2, 0.25) is 0 Å². The average molecular weight is 340 g/mol. The molecule has 0 amide bonds. The van der Waals surface area contributed by atoms with E-state index >= 15 is 0 Å². The minimum Gasteiger partial charge on any atom is -0.489 e. The van der Waals surface area contributed by atoms with E-state index in [1.807, 2.05) is 24.3 Å². The van der Waals surface area contributed by atoms with E-state index in [0.29, 0.717) is 11.7 Å². The largest absolute Gasteiger partial charge is 0.489 e. The van der Waals surface area contributed by atoms with E-state index in [2.05, 4.69) is 56.2 Å². The molecule has 126 valence electrons. The van der Waals surface area contributed by atoms with Crippen LogP contribution in [0.15, 0.2) is 55.1 Å². The number of benzene rings is 2. The highest BCUT2D eigenvalue weighted by molar-refractivity contribution is 7.80. The highest BCUT2D eigenvalue weighted by atomic mass is 32.1. The van der Waals surface area contributed by atoms with Crippen molar-refractivity contribution in [2.75, 3.05) is 11.9 Å². The number of hydrogen-bond donors (Lipinski definition) is 2. The summed E-state index contributed by atoms with van der Waals surface area (Å²) in [5.74, 6) is 0.783. The van der Waals surface area contributed by atoms with E-state index in [-0.39, 0.29) is 6.04 Å². The Morgan fingerprint density at radius 1 is 1.25 bits per heavy atom. The van der Waals surface area contributed by atoms with Gasteiger partial charge >= 0.3 is 0 Å². The molecule has 24 heavy (non-hydrogen) atoms. The zero-order valence-corrected chi connectivity index (χ0v) is 15.2. The number of anilines is 1. The van der Waals surface area contributed by atoms with Gasteiger partial charge in [-0.1, -0.05) is 42.5 Å². The second-order valence-corrected chi connectivity index (χ2v) is 6.22. The van der Waals surface area contributed by atoms with Gasteiger partial charge in [0.25, 0.3) is 0 Å².